The number of benzene rings is 1. The quantitative estimate of drug-likeness (QED) is 0.714. The van der Waals surface area contributed by atoms with E-state index in [9.17, 15) is 5.11 Å². The SMILES string of the molecule is Oc1ccc(CNCCc2cccs2)c(O)c1. The summed E-state index contributed by atoms with van der Waals surface area (Å²) >= 11 is 1.75. The number of nitrogens with one attached hydrogen (secondary N) is 1. The number of rotatable bonds is 5. The van der Waals surface area contributed by atoms with Crippen molar-refractivity contribution in [1.82, 2.24) is 5.32 Å². The van der Waals surface area contributed by atoms with Crippen LogP contribution >= 0.6 is 11.3 Å². The molecule has 0 radical (unpaired) electrons. The molecule has 2 aromatic rings. The average molecular weight is 249 g/mol. The molecule has 0 spiro atoms. The Kier molecular flexibility index (Phi) is 4.01. The third kappa shape index (κ3) is 3.47. The largest absolute Gasteiger partial charge is 0.508 e. The van der Waals surface area contributed by atoms with E-state index in [2.05, 4.69) is 16.8 Å². The number of phenolic OH excluding ortho intramolecular Hbond substituents is 2. The van der Waals surface area contributed by atoms with Crippen molar-refractivity contribution in [3.63, 3.8) is 0 Å². The van der Waals surface area contributed by atoms with E-state index in [4.69, 9.17) is 5.11 Å². The van der Waals surface area contributed by atoms with Gasteiger partial charge < -0.3 is 15.5 Å². The Labute approximate surface area is 104 Å². The molecule has 90 valence electrons. The molecule has 3 nitrogen and oxygen atoms in total. The minimum Gasteiger partial charge on any atom is -0.508 e. The Hall–Kier alpha value is -1.52. The van der Waals surface area contributed by atoms with Crippen LogP contribution in [-0.4, -0.2) is 16.8 Å². The first kappa shape index (κ1) is 12.0. The van der Waals surface area contributed by atoms with Gasteiger partial charge in [0, 0.05) is 29.6 Å². The molecule has 1 aromatic carbocycles. The molecule has 1 heterocycles. The second kappa shape index (κ2) is 5.70. The third-order valence-electron chi connectivity index (χ3n) is 2.51. The topological polar surface area (TPSA) is 52.5 Å². The minimum absolute atomic E-state index is 0.0878. The monoisotopic (exact) mass is 249 g/mol. The van der Waals surface area contributed by atoms with Gasteiger partial charge in [0.2, 0.25) is 0 Å². The average Bonchev–Trinajstić information content (AvgIpc) is 2.79. The molecule has 0 aliphatic heterocycles. The predicted octanol–water partition coefficient (Wildman–Crippen LogP) is 2.49. The van der Waals surface area contributed by atoms with Crippen LogP contribution in [0.5, 0.6) is 11.5 Å². The first-order valence-corrected chi connectivity index (χ1v) is 6.37. The molecule has 0 aliphatic carbocycles. The number of hydrogen-bond donors (Lipinski definition) is 3. The summed E-state index contributed by atoms with van der Waals surface area (Å²) in [5.74, 6) is 0.221. The molecule has 0 saturated heterocycles. The molecule has 0 bridgehead atoms. The first-order valence-electron chi connectivity index (χ1n) is 5.49. The van der Waals surface area contributed by atoms with Gasteiger partial charge in [-0.05, 0) is 23.9 Å². The van der Waals surface area contributed by atoms with Crippen LogP contribution in [0.1, 0.15) is 10.4 Å². The lowest BCUT2D eigenvalue weighted by Gasteiger charge is -2.06. The number of aromatic hydroxyl groups is 2. The summed E-state index contributed by atoms with van der Waals surface area (Å²) in [5.41, 5.74) is 0.800. The summed E-state index contributed by atoms with van der Waals surface area (Å²) in [5, 5.41) is 24.1. The highest BCUT2D eigenvalue weighted by Crippen LogP contribution is 2.22. The number of thiophene rings is 1. The summed E-state index contributed by atoms with van der Waals surface area (Å²) < 4.78 is 0. The third-order valence-corrected chi connectivity index (χ3v) is 3.45. The van der Waals surface area contributed by atoms with E-state index in [0.29, 0.717) is 6.54 Å². The van der Waals surface area contributed by atoms with Gasteiger partial charge in [-0.15, -0.1) is 11.3 Å². The lowest BCUT2D eigenvalue weighted by molar-refractivity contribution is 0.444. The van der Waals surface area contributed by atoms with Gasteiger partial charge in [0.15, 0.2) is 0 Å². The van der Waals surface area contributed by atoms with Crippen molar-refractivity contribution in [2.45, 2.75) is 13.0 Å². The van der Waals surface area contributed by atoms with Crippen molar-refractivity contribution in [3.05, 3.63) is 46.2 Å². The summed E-state index contributed by atoms with van der Waals surface area (Å²) in [6, 6.07) is 8.82. The molecule has 4 heteroatoms. The first-order chi connectivity index (χ1) is 8.25. The van der Waals surface area contributed by atoms with Crippen LogP contribution in [0.15, 0.2) is 35.7 Å². The molecule has 0 atom stereocenters. The van der Waals surface area contributed by atoms with Crippen LogP contribution < -0.4 is 5.32 Å². The van der Waals surface area contributed by atoms with Crippen molar-refractivity contribution in [1.29, 1.82) is 0 Å². The van der Waals surface area contributed by atoms with Gasteiger partial charge >= 0.3 is 0 Å². The van der Waals surface area contributed by atoms with Gasteiger partial charge in [0.25, 0.3) is 0 Å². The van der Waals surface area contributed by atoms with Crippen LogP contribution in [-0.2, 0) is 13.0 Å². The zero-order valence-corrected chi connectivity index (χ0v) is 10.2. The van der Waals surface area contributed by atoms with Gasteiger partial charge in [0.05, 0.1) is 0 Å². The Morgan fingerprint density at radius 3 is 2.76 bits per heavy atom. The molecule has 1 aromatic heterocycles. The molecule has 0 saturated carbocycles. The van der Waals surface area contributed by atoms with Gasteiger partial charge in [0.1, 0.15) is 11.5 Å². The van der Waals surface area contributed by atoms with Crippen LogP contribution in [0.4, 0.5) is 0 Å². The van der Waals surface area contributed by atoms with Crippen molar-refractivity contribution in [2.75, 3.05) is 6.54 Å². The summed E-state index contributed by atoms with van der Waals surface area (Å²) in [4.78, 5) is 1.35. The van der Waals surface area contributed by atoms with Crippen molar-refractivity contribution in [2.24, 2.45) is 0 Å². The lowest BCUT2D eigenvalue weighted by Crippen LogP contribution is -2.16. The van der Waals surface area contributed by atoms with Crippen molar-refractivity contribution >= 4 is 11.3 Å². The fourth-order valence-corrected chi connectivity index (χ4v) is 2.30. The Morgan fingerprint density at radius 1 is 1.18 bits per heavy atom. The minimum atomic E-state index is 0.0878. The van der Waals surface area contributed by atoms with Gasteiger partial charge in [-0.25, -0.2) is 0 Å². The lowest BCUT2D eigenvalue weighted by atomic mass is 10.2. The zero-order chi connectivity index (χ0) is 12.1. The molecule has 0 fully saturated rings. The van der Waals surface area contributed by atoms with Crippen LogP contribution in [0.3, 0.4) is 0 Å². The van der Waals surface area contributed by atoms with E-state index in [1.807, 2.05) is 6.07 Å². The molecule has 3 N–H and O–H groups in total. The standard InChI is InChI=1S/C13H15NO2S/c15-11-4-3-10(13(16)8-11)9-14-6-5-12-2-1-7-17-12/h1-4,7-8,14-16H,5-6,9H2. The van der Waals surface area contributed by atoms with Gasteiger partial charge in [-0.2, -0.15) is 0 Å². The van der Waals surface area contributed by atoms with Gasteiger partial charge in [-0.3, -0.25) is 0 Å². The highest BCUT2D eigenvalue weighted by atomic mass is 32.1. The molecule has 0 unspecified atom stereocenters. The molecular formula is C13H15NO2S. The molecule has 0 aliphatic rings. The fraction of sp³-hybridized carbons (Fsp3) is 0.231. The van der Waals surface area contributed by atoms with Crippen LogP contribution in [0.2, 0.25) is 0 Å². The van der Waals surface area contributed by atoms with Crippen LogP contribution in [0, 0.1) is 0 Å². The van der Waals surface area contributed by atoms with Gasteiger partial charge in [-0.1, -0.05) is 12.1 Å². The molecule has 0 amide bonds. The van der Waals surface area contributed by atoms with Crippen molar-refractivity contribution in [3.8, 4) is 11.5 Å². The number of phenols is 2. The van der Waals surface area contributed by atoms with E-state index < -0.39 is 0 Å². The summed E-state index contributed by atoms with van der Waals surface area (Å²) in [6.07, 6.45) is 0.997. The normalized spacial score (nSPS) is 10.6. The van der Waals surface area contributed by atoms with E-state index in [-0.39, 0.29) is 11.5 Å². The molecule has 2 rings (SSSR count). The predicted molar refractivity (Wildman–Crippen MR) is 69.5 cm³/mol. The highest BCUT2D eigenvalue weighted by Gasteiger charge is 2.01. The Balaban J connectivity index is 1.78. The maximum Gasteiger partial charge on any atom is 0.123 e. The van der Waals surface area contributed by atoms with Crippen LogP contribution in [0.25, 0.3) is 0 Å². The molecule has 17 heavy (non-hydrogen) atoms. The second-order valence-electron chi connectivity index (χ2n) is 3.82. The summed E-state index contributed by atoms with van der Waals surface area (Å²) in [7, 11) is 0. The van der Waals surface area contributed by atoms with E-state index >= 15 is 0 Å². The van der Waals surface area contributed by atoms with E-state index in [0.717, 1.165) is 18.5 Å². The number of hydrogen-bond acceptors (Lipinski definition) is 4. The van der Waals surface area contributed by atoms with E-state index in [1.165, 1.54) is 10.9 Å². The van der Waals surface area contributed by atoms with Crippen molar-refractivity contribution < 1.29 is 10.2 Å². The fourth-order valence-electron chi connectivity index (χ4n) is 1.59. The maximum absolute atomic E-state index is 9.58. The van der Waals surface area contributed by atoms with E-state index in [1.54, 1.807) is 23.5 Å². The summed E-state index contributed by atoms with van der Waals surface area (Å²) in [6.45, 7) is 1.48. The highest BCUT2D eigenvalue weighted by molar-refractivity contribution is 7.09. The zero-order valence-electron chi connectivity index (χ0n) is 9.39. The Morgan fingerprint density at radius 2 is 2.06 bits per heavy atom. The smallest absolute Gasteiger partial charge is 0.123 e. The maximum atomic E-state index is 9.58. The Bertz CT molecular complexity index is 468. The second-order valence-corrected chi connectivity index (χ2v) is 4.85. The molecular weight excluding hydrogens is 234 g/mol.